The van der Waals surface area contributed by atoms with Crippen LogP contribution < -0.4 is 5.32 Å². The van der Waals surface area contributed by atoms with Crippen molar-refractivity contribution < 1.29 is 18.0 Å². The van der Waals surface area contributed by atoms with E-state index in [4.69, 9.17) is 0 Å². The van der Waals surface area contributed by atoms with Crippen LogP contribution in [0.1, 0.15) is 44.1 Å². The number of nitrogens with one attached hydrogen (secondary N) is 1. The number of nitrogens with zero attached hydrogens (tertiary/aromatic N) is 1. The van der Waals surface area contributed by atoms with Crippen molar-refractivity contribution in [2.45, 2.75) is 54.9 Å². The third-order valence-corrected chi connectivity index (χ3v) is 7.60. The van der Waals surface area contributed by atoms with E-state index in [0.717, 1.165) is 37.7 Å². The second kappa shape index (κ2) is 6.62. The molecule has 2 saturated heterocycles. The first kappa shape index (κ1) is 18.5. The van der Waals surface area contributed by atoms with Gasteiger partial charge < -0.3 is 10.2 Å². The molecule has 0 aromatic heterocycles. The zero-order chi connectivity index (χ0) is 19.2. The molecule has 27 heavy (non-hydrogen) atoms. The van der Waals surface area contributed by atoms with Gasteiger partial charge in [-0.25, -0.2) is 8.42 Å². The molecule has 2 heterocycles. The van der Waals surface area contributed by atoms with E-state index in [-0.39, 0.29) is 28.7 Å². The van der Waals surface area contributed by atoms with Crippen molar-refractivity contribution in [2.75, 3.05) is 19.3 Å². The molecule has 0 spiro atoms. The van der Waals surface area contributed by atoms with E-state index in [1.165, 1.54) is 6.26 Å². The highest BCUT2D eigenvalue weighted by Crippen LogP contribution is 2.42. The van der Waals surface area contributed by atoms with Crippen LogP contribution in [-0.4, -0.2) is 50.5 Å². The van der Waals surface area contributed by atoms with Crippen LogP contribution in [0.2, 0.25) is 0 Å². The molecular weight excluding hydrogens is 364 g/mol. The van der Waals surface area contributed by atoms with E-state index in [1.807, 2.05) is 17.0 Å². The predicted octanol–water partition coefficient (Wildman–Crippen LogP) is 1.64. The summed E-state index contributed by atoms with van der Waals surface area (Å²) < 4.78 is 23.5. The van der Waals surface area contributed by atoms with Gasteiger partial charge in [-0.15, -0.1) is 0 Å². The van der Waals surface area contributed by atoms with E-state index in [1.54, 1.807) is 12.1 Å². The van der Waals surface area contributed by atoms with Gasteiger partial charge in [-0.2, -0.15) is 0 Å². The van der Waals surface area contributed by atoms with Crippen molar-refractivity contribution >= 4 is 21.7 Å². The standard InChI is InChI=1S/C20H26N2O4S/c1-27(25,26)16-7-5-15(6-8-16)20(9-3-2-4-10-20)19(24)22-12-14-11-18(23)21-17(14)13-22/h5-8,14,17H,2-4,9-13H2,1H3,(H,21,23)/t14-,17+/m0/s1. The average Bonchev–Trinajstić information content (AvgIpc) is 3.18. The van der Waals surface area contributed by atoms with Gasteiger partial charge in [0.1, 0.15) is 0 Å². The fourth-order valence-electron chi connectivity index (χ4n) is 5.02. The topological polar surface area (TPSA) is 83.6 Å². The number of hydrogen-bond donors (Lipinski definition) is 1. The average molecular weight is 391 g/mol. The Balaban J connectivity index is 1.63. The fourth-order valence-corrected chi connectivity index (χ4v) is 5.65. The molecule has 4 rings (SSSR count). The van der Waals surface area contributed by atoms with E-state index in [9.17, 15) is 18.0 Å². The molecule has 1 saturated carbocycles. The molecule has 2 amide bonds. The summed E-state index contributed by atoms with van der Waals surface area (Å²) in [6, 6.07) is 6.95. The van der Waals surface area contributed by atoms with Crippen LogP contribution in [0, 0.1) is 5.92 Å². The highest BCUT2D eigenvalue weighted by atomic mass is 32.2. The molecule has 1 aromatic rings. The molecule has 0 radical (unpaired) electrons. The van der Waals surface area contributed by atoms with Gasteiger partial charge in [0.15, 0.2) is 9.84 Å². The fraction of sp³-hybridized carbons (Fsp3) is 0.600. The molecule has 146 valence electrons. The summed E-state index contributed by atoms with van der Waals surface area (Å²) in [6.45, 7) is 1.21. The Kier molecular flexibility index (Phi) is 4.53. The Morgan fingerprint density at radius 2 is 1.78 bits per heavy atom. The maximum atomic E-state index is 13.6. The number of carbonyl (C=O) groups excluding carboxylic acids is 2. The number of rotatable bonds is 3. The van der Waals surface area contributed by atoms with Crippen LogP contribution in [0.3, 0.4) is 0 Å². The maximum absolute atomic E-state index is 13.6. The lowest BCUT2D eigenvalue weighted by atomic mass is 9.68. The predicted molar refractivity (Wildman–Crippen MR) is 101 cm³/mol. The van der Waals surface area contributed by atoms with Crippen LogP contribution in [0.4, 0.5) is 0 Å². The lowest BCUT2D eigenvalue weighted by molar-refractivity contribution is -0.138. The molecule has 1 aromatic carbocycles. The lowest BCUT2D eigenvalue weighted by Crippen LogP contribution is -2.48. The second-order valence-corrected chi connectivity index (χ2v) is 10.3. The molecule has 2 aliphatic heterocycles. The van der Waals surface area contributed by atoms with Crippen molar-refractivity contribution in [1.29, 1.82) is 0 Å². The van der Waals surface area contributed by atoms with Crippen LogP contribution in [0.5, 0.6) is 0 Å². The Hall–Kier alpha value is -1.89. The van der Waals surface area contributed by atoms with Crippen LogP contribution in [0.15, 0.2) is 29.2 Å². The maximum Gasteiger partial charge on any atom is 0.233 e. The first-order chi connectivity index (χ1) is 12.8. The first-order valence-corrected chi connectivity index (χ1v) is 11.6. The Morgan fingerprint density at radius 1 is 1.11 bits per heavy atom. The van der Waals surface area contributed by atoms with Gasteiger partial charge in [0, 0.05) is 31.7 Å². The van der Waals surface area contributed by atoms with Crippen molar-refractivity contribution in [2.24, 2.45) is 5.92 Å². The smallest absolute Gasteiger partial charge is 0.233 e. The van der Waals surface area contributed by atoms with Crippen LogP contribution in [-0.2, 0) is 24.8 Å². The number of sulfone groups is 1. The molecule has 7 heteroatoms. The van der Waals surface area contributed by atoms with Gasteiger partial charge in [0.25, 0.3) is 0 Å². The van der Waals surface area contributed by atoms with Crippen molar-refractivity contribution in [3.63, 3.8) is 0 Å². The Labute approximate surface area is 160 Å². The van der Waals surface area contributed by atoms with Crippen molar-refractivity contribution in [1.82, 2.24) is 10.2 Å². The monoisotopic (exact) mass is 390 g/mol. The molecule has 2 atom stereocenters. The van der Waals surface area contributed by atoms with Crippen molar-refractivity contribution in [3.05, 3.63) is 29.8 Å². The van der Waals surface area contributed by atoms with E-state index >= 15 is 0 Å². The van der Waals surface area contributed by atoms with Gasteiger partial charge in [0.2, 0.25) is 11.8 Å². The summed E-state index contributed by atoms with van der Waals surface area (Å²) in [6.07, 6.45) is 6.40. The number of benzene rings is 1. The molecule has 3 aliphatic rings. The summed E-state index contributed by atoms with van der Waals surface area (Å²) in [5.74, 6) is 0.438. The largest absolute Gasteiger partial charge is 0.351 e. The number of amides is 2. The third-order valence-electron chi connectivity index (χ3n) is 6.47. The normalized spacial score (nSPS) is 27.3. The number of fused-ring (bicyclic) bond motifs is 1. The molecule has 0 bridgehead atoms. The van der Waals surface area contributed by atoms with Gasteiger partial charge in [-0.1, -0.05) is 31.4 Å². The zero-order valence-electron chi connectivity index (χ0n) is 15.6. The highest BCUT2D eigenvalue weighted by Gasteiger charge is 2.48. The van der Waals surface area contributed by atoms with E-state index in [2.05, 4.69) is 5.32 Å². The summed E-state index contributed by atoms with van der Waals surface area (Å²) >= 11 is 0. The van der Waals surface area contributed by atoms with Crippen LogP contribution >= 0.6 is 0 Å². The molecule has 6 nitrogen and oxygen atoms in total. The Morgan fingerprint density at radius 3 is 2.37 bits per heavy atom. The second-order valence-electron chi connectivity index (χ2n) is 8.29. The first-order valence-electron chi connectivity index (χ1n) is 9.69. The van der Waals surface area contributed by atoms with Crippen LogP contribution in [0.25, 0.3) is 0 Å². The minimum absolute atomic E-state index is 0.0784. The summed E-state index contributed by atoms with van der Waals surface area (Å²) in [5, 5.41) is 2.98. The van der Waals surface area contributed by atoms with Gasteiger partial charge in [0.05, 0.1) is 16.4 Å². The summed E-state index contributed by atoms with van der Waals surface area (Å²) in [5.41, 5.74) is 0.345. The third kappa shape index (κ3) is 3.26. The van der Waals surface area contributed by atoms with Gasteiger partial charge >= 0.3 is 0 Å². The van der Waals surface area contributed by atoms with Gasteiger partial charge in [-0.3, -0.25) is 9.59 Å². The summed E-state index contributed by atoms with van der Waals surface area (Å²) in [7, 11) is -3.26. The van der Waals surface area contributed by atoms with E-state index < -0.39 is 15.3 Å². The lowest BCUT2D eigenvalue weighted by Gasteiger charge is -2.39. The molecular formula is C20H26N2O4S. The van der Waals surface area contributed by atoms with Gasteiger partial charge in [-0.05, 0) is 30.5 Å². The molecule has 1 N–H and O–H groups in total. The van der Waals surface area contributed by atoms with Crippen molar-refractivity contribution in [3.8, 4) is 0 Å². The Bertz CT molecular complexity index is 840. The number of hydrogen-bond acceptors (Lipinski definition) is 4. The summed E-state index contributed by atoms with van der Waals surface area (Å²) in [4.78, 5) is 27.4. The number of carbonyl (C=O) groups is 2. The molecule has 1 aliphatic carbocycles. The molecule has 3 fully saturated rings. The zero-order valence-corrected chi connectivity index (χ0v) is 16.4. The van der Waals surface area contributed by atoms with E-state index in [0.29, 0.717) is 19.5 Å². The number of likely N-dealkylation sites (tertiary alicyclic amines) is 1. The SMILES string of the molecule is CS(=O)(=O)c1ccc(C2(C(=O)N3C[C@@H]4CC(=O)N[C@@H]4C3)CCCCC2)cc1. The highest BCUT2D eigenvalue weighted by molar-refractivity contribution is 7.90. The minimum atomic E-state index is -3.26. The minimum Gasteiger partial charge on any atom is -0.351 e. The molecule has 0 unspecified atom stereocenters. The quantitative estimate of drug-likeness (QED) is 0.850.